The van der Waals surface area contributed by atoms with Crippen molar-refractivity contribution in [2.24, 2.45) is 0 Å². The highest BCUT2D eigenvalue weighted by molar-refractivity contribution is 5.93. The van der Waals surface area contributed by atoms with Gasteiger partial charge < -0.3 is 19.7 Å². The van der Waals surface area contributed by atoms with Crippen LogP contribution >= 0.6 is 0 Å². The summed E-state index contributed by atoms with van der Waals surface area (Å²) in [6.07, 6.45) is 4.78. The molecule has 8 nitrogen and oxygen atoms in total. The van der Waals surface area contributed by atoms with Gasteiger partial charge in [0.2, 0.25) is 0 Å². The molecule has 0 bridgehead atoms. The van der Waals surface area contributed by atoms with Crippen molar-refractivity contribution in [1.29, 1.82) is 0 Å². The Labute approximate surface area is 188 Å². The molecule has 1 aliphatic rings. The molecular weight excluding hydrogens is 420 g/mol. The molecule has 1 aliphatic carbocycles. The number of methoxy groups -OCH3 is 1. The third kappa shape index (κ3) is 3.17. The lowest BCUT2D eigenvalue weighted by Crippen LogP contribution is -2.20. The van der Waals surface area contributed by atoms with Crippen LogP contribution in [0.25, 0.3) is 44.5 Å². The lowest BCUT2D eigenvalue weighted by atomic mass is 10.2. The summed E-state index contributed by atoms with van der Waals surface area (Å²) in [5.41, 5.74) is 3.71. The summed E-state index contributed by atoms with van der Waals surface area (Å²) in [5.74, 6) is 2.02. The third-order valence-corrected chi connectivity index (χ3v) is 6.39. The quantitative estimate of drug-likeness (QED) is 0.236. The summed E-state index contributed by atoms with van der Waals surface area (Å²) in [5, 5.41) is 10.7. The van der Waals surface area contributed by atoms with E-state index >= 15 is 0 Å². The molecular formula is C25H23N4O4+. The highest BCUT2D eigenvalue weighted by Gasteiger charge is 2.21. The van der Waals surface area contributed by atoms with Gasteiger partial charge in [-0.25, -0.2) is 4.98 Å². The van der Waals surface area contributed by atoms with Gasteiger partial charge in [0.15, 0.2) is 22.5 Å². The Morgan fingerprint density at radius 1 is 1.03 bits per heavy atom. The van der Waals surface area contributed by atoms with Gasteiger partial charge >= 0.3 is 0 Å². The van der Waals surface area contributed by atoms with Crippen molar-refractivity contribution in [3.05, 3.63) is 59.5 Å². The smallest absolute Gasteiger partial charge is 0.292 e. The van der Waals surface area contributed by atoms with E-state index in [0.717, 1.165) is 33.3 Å². The van der Waals surface area contributed by atoms with Gasteiger partial charge in [0.25, 0.3) is 11.0 Å². The van der Waals surface area contributed by atoms with Gasteiger partial charge in [-0.05, 0) is 56.0 Å². The maximum atomic E-state index is 12.9. The summed E-state index contributed by atoms with van der Waals surface area (Å²) in [6.45, 7) is 0. The fourth-order valence-corrected chi connectivity index (χ4v) is 4.68. The van der Waals surface area contributed by atoms with Crippen LogP contribution in [0.3, 0.4) is 0 Å². The molecule has 5 aromatic rings. The molecule has 1 fully saturated rings. The van der Waals surface area contributed by atoms with Crippen molar-refractivity contribution in [1.82, 2.24) is 14.7 Å². The minimum absolute atomic E-state index is 0.239. The Bertz CT molecular complexity index is 1580. The fourth-order valence-electron chi connectivity index (χ4n) is 4.68. The highest BCUT2D eigenvalue weighted by Crippen LogP contribution is 2.35. The van der Waals surface area contributed by atoms with Crippen molar-refractivity contribution in [3.8, 4) is 22.9 Å². The lowest BCUT2D eigenvalue weighted by Gasteiger charge is -2.16. The normalized spacial score (nSPS) is 14.5. The molecule has 33 heavy (non-hydrogen) atoms. The van der Waals surface area contributed by atoms with Gasteiger partial charge in [0.1, 0.15) is 5.82 Å². The number of hydrogen-bond donors (Lipinski definition) is 2. The van der Waals surface area contributed by atoms with Crippen LogP contribution in [0, 0.1) is 4.91 Å². The predicted molar refractivity (Wildman–Crippen MR) is 125 cm³/mol. The van der Waals surface area contributed by atoms with E-state index in [-0.39, 0.29) is 6.10 Å². The van der Waals surface area contributed by atoms with E-state index < -0.39 is 0 Å². The van der Waals surface area contributed by atoms with Gasteiger partial charge in [-0.15, -0.1) is 0 Å². The van der Waals surface area contributed by atoms with E-state index in [1.807, 2.05) is 18.2 Å². The first-order valence-electron chi connectivity index (χ1n) is 11.1. The molecule has 166 valence electrons. The zero-order chi connectivity index (χ0) is 22.5. The summed E-state index contributed by atoms with van der Waals surface area (Å²) < 4.78 is 13.6. The molecule has 2 aromatic heterocycles. The minimum Gasteiger partial charge on any atom is -0.493 e. The number of aromatic amines is 1. The van der Waals surface area contributed by atoms with Crippen LogP contribution in [0.2, 0.25) is 0 Å². The number of fused-ring (bicyclic) bond motifs is 3. The topological polar surface area (TPSA) is 95.3 Å². The van der Waals surface area contributed by atoms with Gasteiger partial charge in [0, 0.05) is 22.6 Å². The van der Waals surface area contributed by atoms with Gasteiger partial charge in [-0.1, -0.05) is 12.1 Å². The first-order chi connectivity index (χ1) is 16.1. The number of rotatable bonds is 4. The maximum Gasteiger partial charge on any atom is 0.292 e. The molecule has 0 amide bonds. The lowest BCUT2D eigenvalue weighted by molar-refractivity contribution is -0.433. The van der Waals surface area contributed by atoms with E-state index in [0.29, 0.717) is 44.7 Å². The van der Waals surface area contributed by atoms with Crippen LogP contribution in [0.15, 0.2) is 54.6 Å². The molecule has 0 atom stereocenters. The number of ether oxygens (including phenoxy) is 2. The van der Waals surface area contributed by atoms with Crippen LogP contribution in [-0.4, -0.2) is 33.1 Å². The molecule has 8 heteroatoms. The number of benzene rings is 3. The van der Waals surface area contributed by atoms with Crippen LogP contribution in [0.5, 0.6) is 11.5 Å². The van der Waals surface area contributed by atoms with Crippen LogP contribution in [0.4, 0.5) is 0 Å². The number of imidazole rings is 1. The Balaban J connectivity index is 1.46. The molecule has 0 unspecified atom stereocenters. The monoisotopic (exact) mass is 443 g/mol. The number of hydrogen-bond acceptors (Lipinski definition) is 5. The zero-order valence-corrected chi connectivity index (χ0v) is 18.1. The van der Waals surface area contributed by atoms with E-state index in [2.05, 4.69) is 4.98 Å². The molecule has 6 rings (SSSR count). The summed E-state index contributed by atoms with van der Waals surface area (Å²) in [7, 11) is 1.63. The Morgan fingerprint density at radius 2 is 1.85 bits per heavy atom. The second kappa shape index (κ2) is 7.51. The number of nitrogens with one attached hydrogen (secondary N) is 1. The van der Waals surface area contributed by atoms with Crippen LogP contribution in [-0.2, 0) is 0 Å². The summed E-state index contributed by atoms with van der Waals surface area (Å²) in [4.78, 5) is 20.9. The largest absolute Gasteiger partial charge is 0.493 e. The van der Waals surface area contributed by atoms with Crippen LogP contribution < -0.4 is 13.9 Å². The molecule has 0 radical (unpaired) electrons. The Hall–Kier alpha value is -4.07. The Morgan fingerprint density at radius 3 is 2.67 bits per heavy atom. The maximum absolute atomic E-state index is 12.9. The SMILES string of the molecule is COc1cc(-c2nc3cc4c(cc3[nH]2)n(O)c2ccccc2[n+]4=O)ccc1OC1CCCC1. The van der Waals surface area contributed by atoms with Gasteiger partial charge in [-0.2, -0.15) is 4.73 Å². The average Bonchev–Trinajstić information content (AvgIpc) is 3.51. The first kappa shape index (κ1) is 19.6. The highest BCUT2D eigenvalue weighted by atomic mass is 16.5. The summed E-state index contributed by atoms with van der Waals surface area (Å²) in [6, 6.07) is 16.1. The third-order valence-electron chi connectivity index (χ3n) is 6.39. The van der Waals surface area contributed by atoms with E-state index in [9.17, 15) is 10.1 Å². The molecule has 1 saturated carbocycles. The first-order valence-corrected chi connectivity index (χ1v) is 11.1. The van der Waals surface area contributed by atoms with Crippen molar-refractivity contribution in [3.63, 3.8) is 0 Å². The summed E-state index contributed by atoms with van der Waals surface area (Å²) >= 11 is 0. The van der Waals surface area contributed by atoms with Crippen molar-refractivity contribution >= 4 is 33.1 Å². The molecule has 0 saturated heterocycles. The molecule has 0 aliphatic heterocycles. The average molecular weight is 443 g/mol. The number of nitrogens with zero attached hydrogens (tertiary/aromatic N) is 3. The fraction of sp³-hybridized carbons (Fsp3) is 0.240. The zero-order valence-electron chi connectivity index (χ0n) is 18.1. The van der Waals surface area contributed by atoms with E-state index in [4.69, 9.17) is 14.5 Å². The molecule has 2 N–H and O–H groups in total. The standard InChI is InChI=1S/C25H23N4O4/c1-32-24-12-15(10-11-23(24)33-16-6-2-3-7-16)25-26-17-13-21-22(14-18(17)27-25)29(31)20-9-5-4-8-19(20)28(21)30/h4-5,8-14,16,30H,2-3,6-7H2,1H3,(H,26,27)/q+1. The second-order valence-corrected chi connectivity index (χ2v) is 8.43. The van der Waals surface area contributed by atoms with E-state index in [1.165, 1.54) is 12.8 Å². The number of aromatic nitrogens is 4. The van der Waals surface area contributed by atoms with Crippen molar-refractivity contribution in [2.75, 3.05) is 7.11 Å². The van der Waals surface area contributed by atoms with Crippen molar-refractivity contribution in [2.45, 2.75) is 31.8 Å². The Kier molecular flexibility index (Phi) is 4.46. The minimum atomic E-state index is 0.239. The van der Waals surface area contributed by atoms with Gasteiger partial charge in [-0.3, -0.25) is 0 Å². The van der Waals surface area contributed by atoms with Crippen LogP contribution in [0.1, 0.15) is 25.7 Å². The molecule has 3 aromatic carbocycles. The van der Waals surface area contributed by atoms with E-state index in [1.54, 1.807) is 43.5 Å². The molecule has 0 spiro atoms. The number of H-pyrrole nitrogens is 1. The van der Waals surface area contributed by atoms with Gasteiger partial charge in [0.05, 0.1) is 28.7 Å². The predicted octanol–water partition coefficient (Wildman–Crippen LogP) is 4.82. The van der Waals surface area contributed by atoms with Crippen molar-refractivity contribution < 1.29 is 19.1 Å². The second-order valence-electron chi connectivity index (χ2n) is 8.43. The molecule has 2 heterocycles. The number of para-hydroxylation sites is 2.